The number of nitriles is 1. The first-order chi connectivity index (χ1) is 11.6. The normalized spacial score (nSPS) is 10.6. The van der Waals surface area contributed by atoms with E-state index in [1.165, 1.54) is 0 Å². The number of benzene rings is 1. The zero-order chi connectivity index (χ0) is 17.5. The van der Waals surface area contributed by atoms with Crippen molar-refractivity contribution in [2.24, 2.45) is 5.10 Å². The number of anilines is 1. The summed E-state index contributed by atoms with van der Waals surface area (Å²) in [4.78, 5) is 4.26. The van der Waals surface area contributed by atoms with Crippen molar-refractivity contribution in [1.82, 2.24) is 4.98 Å². The summed E-state index contributed by atoms with van der Waals surface area (Å²) in [6.45, 7) is 6.91. The van der Waals surface area contributed by atoms with Gasteiger partial charge < -0.3 is 4.74 Å². The van der Waals surface area contributed by atoms with Gasteiger partial charge in [-0.05, 0) is 62.2 Å². The van der Waals surface area contributed by atoms with Gasteiger partial charge in [-0.3, -0.25) is 0 Å². The van der Waals surface area contributed by atoms with E-state index in [1.54, 1.807) is 17.3 Å². The maximum absolute atomic E-state index is 9.38. The number of pyridine rings is 1. The molecule has 0 radical (unpaired) electrons. The third-order valence-electron chi connectivity index (χ3n) is 3.36. The van der Waals surface area contributed by atoms with Gasteiger partial charge in [0.25, 0.3) is 0 Å². The molecule has 6 heteroatoms. The molecular formula is C18H19ClN4O. The van der Waals surface area contributed by atoms with Crippen LogP contribution in [0.15, 0.2) is 35.4 Å². The molecule has 124 valence electrons. The van der Waals surface area contributed by atoms with E-state index in [0.29, 0.717) is 29.7 Å². The highest BCUT2D eigenvalue weighted by molar-refractivity contribution is 6.29. The van der Waals surface area contributed by atoms with E-state index in [9.17, 15) is 5.26 Å². The van der Waals surface area contributed by atoms with Crippen LogP contribution >= 0.6 is 11.6 Å². The lowest BCUT2D eigenvalue weighted by Gasteiger charge is -2.18. The number of halogens is 1. The zero-order valence-corrected chi connectivity index (χ0v) is 14.7. The highest BCUT2D eigenvalue weighted by Crippen LogP contribution is 2.24. The van der Waals surface area contributed by atoms with Crippen molar-refractivity contribution in [1.29, 1.82) is 5.26 Å². The summed E-state index contributed by atoms with van der Waals surface area (Å²) >= 11 is 6.03. The molecule has 5 nitrogen and oxygen atoms in total. The molecule has 1 aromatic carbocycles. The van der Waals surface area contributed by atoms with Crippen molar-refractivity contribution in [2.45, 2.75) is 20.8 Å². The summed E-state index contributed by atoms with van der Waals surface area (Å²) < 4.78 is 5.42. The maximum Gasteiger partial charge on any atom is 0.168 e. The standard InChI is InChI=1S/C18H19ClN4O/c1-4-23(18-16(11-20)13(3)10-17(19)22-18)21-12-14-6-8-15(9-7-14)24-5-2/h6-10,12H,4-5H2,1-3H3/b21-12-. The number of rotatable bonds is 6. The third kappa shape index (κ3) is 4.24. The number of aryl methyl sites for hydroxylation is 1. The largest absolute Gasteiger partial charge is 0.494 e. The van der Waals surface area contributed by atoms with Gasteiger partial charge in [0.2, 0.25) is 0 Å². The van der Waals surface area contributed by atoms with Gasteiger partial charge in [-0.1, -0.05) is 11.6 Å². The number of nitrogens with zero attached hydrogens (tertiary/aromatic N) is 4. The predicted octanol–water partition coefficient (Wildman–Crippen LogP) is 4.17. The van der Waals surface area contributed by atoms with Crippen LogP contribution in [-0.2, 0) is 0 Å². The molecule has 0 aliphatic heterocycles. The van der Waals surface area contributed by atoms with Crippen LogP contribution in [0.1, 0.15) is 30.5 Å². The van der Waals surface area contributed by atoms with Crippen LogP contribution in [0, 0.1) is 18.3 Å². The fourth-order valence-corrected chi connectivity index (χ4v) is 2.42. The zero-order valence-electron chi connectivity index (χ0n) is 14.0. The summed E-state index contributed by atoms with van der Waals surface area (Å²) in [5.41, 5.74) is 2.18. The van der Waals surface area contributed by atoms with Crippen LogP contribution < -0.4 is 9.75 Å². The number of ether oxygens (including phenoxy) is 1. The Balaban J connectivity index is 2.28. The monoisotopic (exact) mass is 342 g/mol. The number of hydrogen-bond acceptors (Lipinski definition) is 5. The summed E-state index contributed by atoms with van der Waals surface area (Å²) in [5, 5.41) is 15.8. The topological polar surface area (TPSA) is 61.5 Å². The van der Waals surface area contributed by atoms with Crippen molar-refractivity contribution in [3.63, 3.8) is 0 Å². The fourth-order valence-electron chi connectivity index (χ4n) is 2.18. The number of aromatic nitrogens is 1. The lowest BCUT2D eigenvalue weighted by Crippen LogP contribution is -2.19. The minimum atomic E-state index is 0.344. The molecule has 24 heavy (non-hydrogen) atoms. The van der Waals surface area contributed by atoms with Gasteiger partial charge in [0.05, 0.1) is 18.4 Å². The van der Waals surface area contributed by atoms with Gasteiger partial charge >= 0.3 is 0 Å². The van der Waals surface area contributed by atoms with Crippen LogP contribution in [0.2, 0.25) is 5.15 Å². The highest BCUT2D eigenvalue weighted by Gasteiger charge is 2.14. The van der Waals surface area contributed by atoms with Crippen molar-refractivity contribution in [2.75, 3.05) is 18.2 Å². The molecule has 0 aliphatic carbocycles. The van der Waals surface area contributed by atoms with Crippen LogP contribution in [0.3, 0.4) is 0 Å². The molecule has 0 fully saturated rings. The van der Waals surface area contributed by atoms with E-state index >= 15 is 0 Å². The first-order valence-corrected chi connectivity index (χ1v) is 8.08. The summed E-state index contributed by atoms with van der Waals surface area (Å²) in [5.74, 6) is 1.29. The summed E-state index contributed by atoms with van der Waals surface area (Å²) in [6.07, 6.45) is 1.72. The van der Waals surface area contributed by atoms with Crippen LogP contribution in [0.25, 0.3) is 0 Å². The third-order valence-corrected chi connectivity index (χ3v) is 3.55. The van der Waals surface area contributed by atoms with Gasteiger partial charge in [-0.15, -0.1) is 0 Å². The quantitative estimate of drug-likeness (QED) is 0.449. The predicted molar refractivity (Wildman–Crippen MR) is 96.9 cm³/mol. The van der Waals surface area contributed by atoms with Crippen LogP contribution in [0.4, 0.5) is 5.82 Å². The van der Waals surface area contributed by atoms with Crippen molar-refractivity contribution >= 4 is 23.6 Å². The molecule has 0 unspecified atom stereocenters. The summed E-state index contributed by atoms with van der Waals surface area (Å²) in [7, 11) is 0. The lowest BCUT2D eigenvalue weighted by molar-refractivity contribution is 0.340. The second-order valence-electron chi connectivity index (χ2n) is 5.03. The van der Waals surface area contributed by atoms with Gasteiger partial charge in [0.1, 0.15) is 17.0 Å². The van der Waals surface area contributed by atoms with Gasteiger partial charge in [-0.25, -0.2) is 9.99 Å². The smallest absolute Gasteiger partial charge is 0.168 e. The minimum absolute atomic E-state index is 0.344. The molecular weight excluding hydrogens is 324 g/mol. The van der Waals surface area contributed by atoms with E-state index in [4.69, 9.17) is 16.3 Å². The molecule has 0 amide bonds. The van der Waals surface area contributed by atoms with Crippen molar-refractivity contribution < 1.29 is 4.74 Å². The molecule has 2 rings (SSSR count). The average Bonchev–Trinajstić information content (AvgIpc) is 2.57. The fraction of sp³-hybridized carbons (Fsp3) is 0.278. The van der Waals surface area contributed by atoms with Gasteiger partial charge in [0, 0.05) is 6.54 Å². The molecule has 0 atom stereocenters. The van der Waals surface area contributed by atoms with Crippen LogP contribution in [0.5, 0.6) is 5.75 Å². The molecule has 0 saturated carbocycles. The first kappa shape index (κ1) is 17.8. The van der Waals surface area contributed by atoms with E-state index in [1.807, 2.05) is 45.0 Å². The van der Waals surface area contributed by atoms with Gasteiger partial charge in [0.15, 0.2) is 5.82 Å². The molecule has 1 heterocycles. The molecule has 0 N–H and O–H groups in total. The van der Waals surface area contributed by atoms with E-state index in [2.05, 4.69) is 16.2 Å². The van der Waals surface area contributed by atoms with Crippen molar-refractivity contribution in [3.8, 4) is 11.8 Å². The van der Waals surface area contributed by atoms with Gasteiger partial charge in [-0.2, -0.15) is 10.4 Å². The van der Waals surface area contributed by atoms with E-state index < -0.39 is 0 Å². The Hall–Kier alpha value is -2.58. The van der Waals surface area contributed by atoms with Crippen molar-refractivity contribution in [3.05, 3.63) is 52.2 Å². The Bertz CT molecular complexity index is 766. The maximum atomic E-state index is 9.38. The molecule has 2 aromatic rings. The molecule has 1 aromatic heterocycles. The summed E-state index contributed by atoms with van der Waals surface area (Å²) in [6, 6.07) is 11.5. The molecule has 0 aliphatic rings. The Labute approximate surface area is 147 Å². The minimum Gasteiger partial charge on any atom is -0.494 e. The van der Waals surface area contributed by atoms with E-state index in [0.717, 1.165) is 16.9 Å². The molecule has 0 saturated heterocycles. The van der Waals surface area contributed by atoms with E-state index in [-0.39, 0.29) is 0 Å². The first-order valence-electron chi connectivity index (χ1n) is 7.70. The highest BCUT2D eigenvalue weighted by atomic mass is 35.5. The van der Waals surface area contributed by atoms with Crippen LogP contribution in [-0.4, -0.2) is 24.4 Å². The lowest BCUT2D eigenvalue weighted by atomic mass is 10.1. The Morgan fingerprint density at radius 1 is 1.33 bits per heavy atom. The Morgan fingerprint density at radius 2 is 2.04 bits per heavy atom. The number of hydrogen-bond donors (Lipinski definition) is 0. The second kappa shape index (κ2) is 8.32. The average molecular weight is 343 g/mol. The Kier molecular flexibility index (Phi) is 6.16. The molecule has 0 bridgehead atoms. The SMILES string of the molecule is CCOc1ccc(/C=N\N(CC)c2nc(Cl)cc(C)c2C#N)cc1. The molecule has 0 spiro atoms. The second-order valence-corrected chi connectivity index (χ2v) is 5.42. The number of hydrazone groups is 1. The Morgan fingerprint density at radius 3 is 2.62 bits per heavy atom.